The van der Waals surface area contributed by atoms with Crippen LogP contribution in [0.3, 0.4) is 0 Å². The van der Waals surface area contributed by atoms with Crippen LogP contribution in [0.5, 0.6) is 0 Å². The molecule has 1 fully saturated rings. The molecule has 0 radical (unpaired) electrons. The maximum absolute atomic E-state index is 12.4. The first-order chi connectivity index (χ1) is 8.00. The minimum Gasteiger partial charge on any atom is -0.330 e. The van der Waals surface area contributed by atoms with Gasteiger partial charge in [-0.15, -0.1) is 0 Å². The van der Waals surface area contributed by atoms with Crippen molar-refractivity contribution in [3.63, 3.8) is 0 Å². The molecule has 2 N–H and O–H groups in total. The molecule has 0 saturated carbocycles. The monoisotopic (exact) mass is 263 g/mol. The molecule has 1 saturated heterocycles. The molecule has 0 aromatic carbocycles. The largest absolute Gasteiger partial charge is 0.330 e. The Morgan fingerprint density at radius 1 is 1.35 bits per heavy atom. The van der Waals surface area contributed by atoms with Crippen LogP contribution >= 0.6 is 0 Å². The fourth-order valence-corrected chi connectivity index (χ4v) is 3.84. The summed E-state index contributed by atoms with van der Waals surface area (Å²) in [7, 11) is -1.65. The number of nitrogens with two attached hydrogens (primary N) is 1. The summed E-state index contributed by atoms with van der Waals surface area (Å²) < 4.78 is 27.8. The first kappa shape index (κ1) is 14.9. The summed E-state index contributed by atoms with van der Waals surface area (Å²) in [5.41, 5.74) is 5.42. The molecule has 0 aromatic rings. The van der Waals surface area contributed by atoms with Crippen LogP contribution in [-0.4, -0.2) is 49.8 Å². The number of nitrogens with zero attached hydrogens (tertiary/aromatic N) is 2. The molecule has 0 amide bonds. The molecular formula is C11H25N3O2S. The Bertz CT molecular complexity index is 319. The van der Waals surface area contributed by atoms with E-state index in [-0.39, 0.29) is 6.04 Å². The van der Waals surface area contributed by atoms with Crippen LogP contribution in [0.4, 0.5) is 0 Å². The molecule has 0 aliphatic carbocycles. The van der Waals surface area contributed by atoms with Crippen LogP contribution in [0.2, 0.25) is 0 Å². The van der Waals surface area contributed by atoms with Gasteiger partial charge in [0, 0.05) is 26.2 Å². The van der Waals surface area contributed by atoms with E-state index in [0.717, 1.165) is 25.7 Å². The van der Waals surface area contributed by atoms with Crippen molar-refractivity contribution in [2.45, 2.75) is 45.1 Å². The van der Waals surface area contributed by atoms with Gasteiger partial charge in [-0.2, -0.15) is 17.0 Å². The minimum absolute atomic E-state index is 0.114. The van der Waals surface area contributed by atoms with Gasteiger partial charge in [-0.3, -0.25) is 0 Å². The van der Waals surface area contributed by atoms with Crippen LogP contribution < -0.4 is 5.73 Å². The molecule has 102 valence electrons. The molecule has 0 bridgehead atoms. The highest BCUT2D eigenvalue weighted by Gasteiger charge is 2.31. The third-order valence-corrected chi connectivity index (χ3v) is 5.46. The Hall–Kier alpha value is -0.170. The molecular weight excluding hydrogens is 238 g/mol. The van der Waals surface area contributed by atoms with Crippen molar-refractivity contribution in [2.75, 3.05) is 26.7 Å². The van der Waals surface area contributed by atoms with Crippen LogP contribution in [0.25, 0.3) is 0 Å². The van der Waals surface area contributed by atoms with Gasteiger partial charge in [-0.25, -0.2) is 0 Å². The fourth-order valence-electron chi connectivity index (χ4n) is 2.20. The summed E-state index contributed by atoms with van der Waals surface area (Å²) in [4.78, 5) is 0. The van der Waals surface area contributed by atoms with Crippen molar-refractivity contribution >= 4 is 10.2 Å². The van der Waals surface area contributed by atoms with Crippen molar-refractivity contribution in [1.82, 2.24) is 8.61 Å². The lowest BCUT2D eigenvalue weighted by molar-refractivity contribution is 0.308. The molecule has 1 rings (SSSR count). The Kier molecular flexibility index (Phi) is 5.85. The second-order valence-corrected chi connectivity index (χ2v) is 6.77. The zero-order valence-corrected chi connectivity index (χ0v) is 11.7. The number of hydrogen-bond donors (Lipinski definition) is 1. The lowest BCUT2D eigenvalue weighted by atomic mass is 10.1. The van der Waals surface area contributed by atoms with E-state index in [2.05, 4.69) is 0 Å². The number of hydrogen-bond acceptors (Lipinski definition) is 3. The third kappa shape index (κ3) is 3.91. The molecule has 6 heteroatoms. The van der Waals surface area contributed by atoms with Gasteiger partial charge in [0.2, 0.25) is 0 Å². The zero-order chi connectivity index (χ0) is 12.9. The first-order valence-corrected chi connectivity index (χ1v) is 7.83. The Balaban J connectivity index is 2.72. The average molecular weight is 263 g/mol. The summed E-state index contributed by atoms with van der Waals surface area (Å²) in [6, 6.07) is 0.114. The SMILES string of the molecule is CC1CCCCCN1S(=O)(=O)N(C)CCCN. The fraction of sp³-hybridized carbons (Fsp3) is 1.00. The summed E-state index contributed by atoms with van der Waals surface area (Å²) in [6.07, 6.45) is 4.89. The van der Waals surface area contributed by atoms with E-state index in [1.807, 2.05) is 6.92 Å². The molecule has 1 heterocycles. The van der Waals surface area contributed by atoms with E-state index in [0.29, 0.717) is 26.1 Å². The maximum atomic E-state index is 12.4. The van der Waals surface area contributed by atoms with E-state index in [4.69, 9.17) is 5.73 Å². The van der Waals surface area contributed by atoms with Crippen molar-refractivity contribution in [1.29, 1.82) is 0 Å². The molecule has 17 heavy (non-hydrogen) atoms. The van der Waals surface area contributed by atoms with E-state index in [1.165, 1.54) is 4.31 Å². The molecule has 1 unspecified atom stereocenters. The summed E-state index contributed by atoms with van der Waals surface area (Å²) in [5.74, 6) is 0. The Morgan fingerprint density at radius 2 is 2.06 bits per heavy atom. The van der Waals surface area contributed by atoms with E-state index in [9.17, 15) is 8.42 Å². The predicted octanol–water partition coefficient (Wildman–Crippen LogP) is 0.776. The highest BCUT2D eigenvalue weighted by molar-refractivity contribution is 7.86. The van der Waals surface area contributed by atoms with Crippen molar-refractivity contribution in [3.05, 3.63) is 0 Å². The predicted molar refractivity (Wildman–Crippen MR) is 69.9 cm³/mol. The van der Waals surface area contributed by atoms with Crippen molar-refractivity contribution in [3.8, 4) is 0 Å². The summed E-state index contributed by atoms with van der Waals surface area (Å²) in [6.45, 7) is 3.67. The topological polar surface area (TPSA) is 66.6 Å². The highest BCUT2D eigenvalue weighted by atomic mass is 32.2. The first-order valence-electron chi connectivity index (χ1n) is 6.43. The van der Waals surface area contributed by atoms with Crippen molar-refractivity contribution in [2.24, 2.45) is 5.73 Å². The van der Waals surface area contributed by atoms with Gasteiger partial charge in [0.25, 0.3) is 10.2 Å². The van der Waals surface area contributed by atoms with Gasteiger partial charge in [0.05, 0.1) is 0 Å². The lowest BCUT2D eigenvalue weighted by Gasteiger charge is -2.30. The molecule has 0 spiro atoms. The smallest absolute Gasteiger partial charge is 0.281 e. The minimum atomic E-state index is -3.30. The average Bonchev–Trinajstić information content (AvgIpc) is 2.50. The highest BCUT2D eigenvalue weighted by Crippen LogP contribution is 2.21. The van der Waals surface area contributed by atoms with Crippen molar-refractivity contribution < 1.29 is 8.42 Å². The maximum Gasteiger partial charge on any atom is 0.281 e. The van der Waals surface area contributed by atoms with Gasteiger partial charge < -0.3 is 5.73 Å². The molecule has 0 aromatic heterocycles. The Labute approximate surface area is 105 Å². The standard InChI is InChI=1S/C11H25N3O2S/c1-11-7-4-3-5-10-14(11)17(15,16)13(2)9-6-8-12/h11H,3-10,12H2,1-2H3. The van der Waals surface area contributed by atoms with Gasteiger partial charge >= 0.3 is 0 Å². The summed E-state index contributed by atoms with van der Waals surface area (Å²) in [5, 5.41) is 0. The third-order valence-electron chi connectivity index (χ3n) is 3.36. The second-order valence-electron chi connectivity index (χ2n) is 4.78. The molecule has 1 atom stereocenters. The van der Waals surface area contributed by atoms with Gasteiger partial charge in [-0.05, 0) is 32.7 Å². The van der Waals surface area contributed by atoms with Crippen LogP contribution in [0, 0.1) is 0 Å². The normalized spacial score (nSPS) is 23.9. The summed E-state index contributed by atoms with van der Waals surface area (Å²) >= 11 is 0. The van der Waals surface area contributed by atoms with Gasteiger partial charge in [-0.1, -0.05) is 12.8 Å². The van der Waals surface area contributed by atoms with Gasteiger partial charge in [0.15, 0.2) is 0 Å². The lowest BCUT2D eigenvalue weighted by Crippen LogP contribution is -2.46. The van der Waals surface area contributed by atoms with Crippen LogP contribution in [0.15, 0.2) is 0 Å². The molecule has 1 aliphatic rings. The number of rotatable bonds is 5. The van der Waals surface area contributed by atoms with Gasteiger partial charge in [0.1, 0.15) is 0 Å². The zero-order valence-electron chi connectivity index (χ0n) is 10.9. The van der Waals surface area contributed by atoms with Crippen LogP contribution in [0.1, 0.15) is 39.0 Å². The quantitative estimate of drug-likeness (QED) is 0.797. The Morgan fingerprint density at radius 3 is 2.71 bits per heavy atom. The van der Waals surface area contributed by atoms with E-state index in [1.54, 1.807) is 11.4 Å². The second kappa shape index (κ2) is 6.68. The molecule has 5 nitrogen and oxygen atoms in total. The van der Waals surface area contributed by atoms with E-state index < -0.39 is 10.2 Å². The van der Waals surface area contributed by atoms with E-state index >= 15 is 0 Å². The molecule has 1 aliphatic heterocycles. The van der Waals surface area contributed by atoms with Crippen LogP contribution in [-0.2, 0) is 10.2 Å².